The molecule has 0 bridgehead atoms. The van der Waals surface area contributed by atoms with Crippen molar-refractivity contribution in [1.82, 2.24) is 0 Å². The molecule has 0 saturated carbocycles. The van der Waals surface area contributed by atoms with Gasteiger partial charge in [0.15, 0.2) is 0 Å². The summed E-state index contributed by atoms with van der Waals surface area (Å²) in [6, 6.07) is 8.11. The molecule has 1 aromatic rings. The van der Waals surface area contributed by atoms with Crippen LogP contribution >= 0.6 is 0 Å². The summed E-state index contributed by atoms with van der Waals surface area (Å²) in [6.07, 6.45) is 3.77. The van der Waals surface area contributed by atoms with E-state index in [1.165, 1.54) is 6.08 Å². The summed E-state index contributed by atoms with van der Waals surface area (Å²) in [5, 5.41) is 0. The van der Waals surface area contributed by atoms with Gasteiger partial charge in [0.2, 0.25) is 0 Å². The molecule has 0 fully saturated rings. The van der Waals surface area contributed by atoms with Crippen molar-refractivity contribution in [2.45, 2.75) is 25.8 Å². The molecular weight excluding hydrogens is 260 g/mol. The number of hydrogen-bond donors (Lipinski definition) is 0. The van der Waals surface area contributed by atoms with Crippen LogP contribution in [0.5, 0.6) is 0 Å². The van der Waals surface area contributed by atoms with Crippen molar-refractivity contribution < 1.29 is 13.5 Å². The second kappa shape index (κ2) is 5.99. The van der Waals surface area contributed by atoms with Crippen LogP contribution in [0.3, 0.4) is 0 Å². The van der Waals surface area contributed by atoms with Gasteiger partial charge >= 0.3 is 0 Å². The van der Waals surface area contributed by atoms with Gasteiger partial charge in [-0.2, -0.15) is 8.78 Å². The topological polar surface area (TPSA) is 21.6 Å². The molecule has 1 atom stereocenters. The number of hydrogen-bond acceptors (Lipinski definition) is 2. The Kier molecular flexibility index (Phi) is 4.32. The Morgan fingerprint density at radius 2 is 2.00 bits per heavy atom. The number of ether oxygens (including phenoxy) is 1. The molecule has 0 aromatic heterocycles. The number of benzene rings is 1. The third-order valence-electron chi connectivity index (χ3n) is 3.01. The quantitative estimate of drug-likeness (QED) is 0.763. The monoisotopic (exact) mass is 277 g/mol. The molecule has 1 aliphatic carbocycles. The van der Waals surface area contributed by atoms with Crippen LogP contribution in [0.4, 0.5) is 8.78 Å². The van der Waals surface area contributed by atoms with Gasteiger partial charge in [-0.3, -0.25) is 4.99 Å². The fourth-order valence-corrected chi connectivity index (χ4v) is 1.99. The van der Waals surface area contributed by atoms with Crippen molar-refractivity contribution in [2.24, 2.45) is 4.99 Å². The van der Waals surface area contributed by atoms with Crippen molar-refractivity contribution >= 4 is 5.71 Å². The number of alkyl halides is 2. The molecule has 0 N–H and O–H groups in total. The molecule has 0 amide bonds. The zero-order chi connectivity index (χ0) is 14.6. The first-order valence-electron chi connectivity index (χ1n) is 6.54. The van der Waals surface area contributed by atoms with Crippen LogP contribution in [0.25, 0.3) is 0 Å². The average Bonchev–Trinajstić information content (AvgIpc) is 2.42. The maximum absolute atomic E-state index is 14.0. The Balaban J connectivity index is 2.21. The highest BCUT2D eigenvalue weighted by Gasteiger charge is 2.38. The first-order valence-corrected chi connectivity index (χ1v) is 6.54. The van der Waals surface area contributed by atoms with E-state index in [0.717, 1.165) is 11.6 Å². The van der Waals surface area contributed by atoms with Gasteiger partial charge in [0.25, 0.3) is 5.92 Å². The highest BCUT2D eigenvalue weighted by atomic mass is 19.3. The van der Waals surface area contributed by atoms with E-state index < -0.39 is 12.0 Å². The summed E-state index contributed by atoms with van der Waals surface area (Å²) in [4.78, 5) is 4.13. The lowest BCUT2D eigenvalue weighted by atomic mass is 10.0. The van der Waals surface area contributed by atoms with Gasteiger partial charge in [0.05, 0.1) is 6.61 Å². The zero-order valence-electron chi connectivity index (χ0n) is 11.5. The van der Waals surface area contributed by atoms with Gasteiger partial charge in [-0.05, 0) is 25.5 Å². The predicted molar refractivity (Wildman–Crippen MR) is 76.2 cm³/mol. The second-order valence-corrected chi connectivity index (χ2v) is 4.54. The average molecular weight is 277 g/mol. The molecule has 0 spiro atoms. The lowest BCUT2D eigenvalue weighted by Crippen LogP contribution is -2.31. The van der Waals surface area contributed by atoms with Crippen LogP contribution in [-0.4, -0.2) is 24.3 Å². The van der Waals surface area contributed by atoms with Gasteiger partial charge in [0.1, 0.15) is 11.8 Å². The summed E-state index contributed by atoms with van der Waals surface area (Å²) >= 11 is 0. The van der Waals surface area contributed by atoms with Gasteiger partial charge in [-0.1, -0.05) is 36.4 Å². The van der Waals surface area contributed by atoms with Crippen LogP contribution < -0.4 is 0 Å². The third kappa shape index (κ3) is 3.32. The Morgan fingerprint density at radius 3 is 2.60 bits per heavy atom. The number of aliphatic imine (C=N–C) groups is 1. The number of nitrogens with zero attached hydrogens (tertiary/aromatic N) is 1. The second-order valence-electron chi connectivity index (χ2n) is 4.54. The van der Waals surface area contributed by atoms with Crippen molar-refractivity contribution in [3.63, 3.8) is 0 Å². The van der Waals surface area contributed by atoms with Gasteiger partial charge in [-0.25, -0.2) is 0 Å². The van der Waals surface area contributed by atoms with E-state index in [4.69, 9.17) is 4.74 Å². The molecule has 0 saturated heterocycles. The maximum Gasteiger partial charge on any atom is 0.295 e. The molecular formula is C16H17F2NO. The Labute approximate surface area is 117 Å². The van der Waals surface area contributed by atoms with Gasteiger partial charge in [0, 0.05) is 11.8 Å². The summed E-state index contributed by atoms with van der Waals surface area (Å²) in [5.74, 6) is -2.84. The van der Waals surface area contributed by atoms with Crippen LogP contribution in [0.15, 0.2) is 59.3 Å². The van der Waals surface area contributed by atoms with E-state index in [0.29, 0.717) is 12.3 Å². The van der Waals surface area contributed by atoms with E-state index in [9.17, 15) is 8.78 Å². The van der Waals surface area contributed by atoms with E-state index in [1.807, 2.05) is 30.3 Å². The fourth-order valence-electron chi connectivity index (χ4n) is 1.99. The Bertz CT molecular complexity index is 547. The van der Waals surface area contributed by atoms with E-state index in [1.54, 1.807) is 19.9 Å². The first-order chi connectivity index (χ1) is 9.53. The van der Waals surface area contributed by atoms with E-state index in [2.05, 4.69) is 4.99 Å². The molecule has 106 valence electrons. The number of rotatable bonds is 4. The fraction of sp³-hybridized carbons (Fsp3) is 0.312. The van der Waals surface area contributed by atoms with Crippen molar-refractivity contribution in [2.75, 3.05) is 6.61 Å². The summed E-state index contributed by atoms with van der Waals surface area (Å²) in [6.45, 7) is 3.86. The first kappa shape index (κ1) is 14.4. The third-order valence-corrected chi connectivity index (χ3v) is 3.01. The highest BCUT2D eigenvalue weighted by Crippen LogP contribution is 2.30. The van der Waals surface area contributed by atoms with Crippen LogP contribution in [-0.2, 0) is 4.74 Å². The van der Waals surface area contributed by atoms with Crippen LogP contribution in [0.2, 0.25) is 0 Å². The molecule has 2 rings (SSSR count). The number of allylic oxidation sites excluding steroid dienone is 1. The van der Waals surface area contributed by atoms with E-state index >= 15 is 0 Å². The minimum atomic E-state index is -3.03. The highest BCUT2D eigenvalue weighted by molar-refractivity contribution is 5.98. The maximum atomic E-state index is 14.0. The van der Waals surface area contributed by atoms with Crippen LogP contribution in [0.1, 0.15) is 19.4 Å². The van der Waals surface area contributed by atoms with Crippen molar-refractivity contribution in [3.05, 3.63) is 59.9 Å². The Morgan fingerprint density at radius 1 is 1.30 bits per heavy atom. The van der Waals surface area contributed by atoms with Crippen molar-refractivity contribution in [1.29, 1.82) is 0 Å². The molecule has 1 aromatic carbocycles. The van der Waals surface area contributed by atoms with Gasteiger partial charge in [-0.15, -0.1) is 0 Å². The standard InChI is InChI=1S/C16H17F2NO/c1-3-20-14-9-10-15(16(17,18)11-14)19-12(2)13-7-5-4-6-8-13/h4-11,15H,3H2,1-2H3. The van der Waals surface area contributed by atoms with Gasteiger partial charge < -0.3 is 4.74 Å². The molecule has 0 radical (unpaired) electrons. The van der Waals surface area contributed by atoms with E-state index in [-0.39, 0.29) is 5.76 Å². The van der Waals surface area contributed by atoms with Crippen molar-refractivity contribution in [3.8, 4) is 0 Å². The minimum absolute atomic E-state index is 0.196. The summed E-state index contributed by atoms with van der Waals surface area (Å²) < 4.78 is 33.1. The van der Waals surface area contributed by atoms with Crippen LogP contribution in [0, 0.1) is 0 Å². The zero-order valence-corrected chi connectivity index (χ0v) is 11.5. The SMILES string of the molecule is CCOC1=CC(F)(F)C(N=C(C)c2ccccc2)C=C1. The smallest absolute Gasteiger partial charge is 0.295 e. The largest absolute Gasteiger partial charge is 0.494 e. The predicted octanol–water partition coefficient (Wildman–Crippen LogP) is 3.99. The molecule has 1 unspecified atom stereocenters. The molecule has 0 aliphatic heterocycles. The lowest BCUT2D eigenvalue weighted by Gasteiger charge is -2.23. The molecule has 0 heterocycles. The molecule has 1 aliphatic rings. The summed E-state index contributed by atoms with van der Waals surface area (Å²) in [7, 11) is 0. The minimum Gasteiger partial charge on any atom is -0.494 e. The molecule has 20 heavy (non-hydrogen) atoms. The number of halogens is 2. The summed E-state index contributed by atoms with van der Waals surface area (Å²) in [5.41, 5.74) is 1.43. The Hall–Kier alpha value is -1.97. The molecule has 2 nitrogen and oxygen atoms in total. The normalized spacial score (nSPS) is 21.5. The molecule has 4 heteroatoms. The lowest BCUT2D eigenvalue weighted by molar-refractivity contribution is 0.0348.